The van der Waals surface area contributed by atoms with Crippen LogP contribution in [0.2, 0.25) is 0 Å². The fraction of sp³-hybridized carbons (Fsp3) is 0.400. The molecule has 1 aliphatic heterocycles. The zero-order valence-corrected chi connectivity index (χ0v) is 16.8. The van der Waals surface area contributed by atoms with Gasteiger partial charge in [-0.3, -0.25) is 4.52 Å². The van der Waals surface area contributed by atoms with E-state index in [-0.39, 0.29) is 0 Å². The van der Waals surface area contributed by atoms with E-state index in [2.05, 4.69) is 6.92 Å². The first-order valence-corrected chi connectivity index (χ1v) is 11.5. The van der Waals surface area contributed by atoms with Crippen molar-refractivity contribution < 1.29 is 18.1 Å². The van der Waals surface area contributed by atoms with Crippen LogP contribution in [-0.2, 0) is 9.09 Å². The van der Waals surface area contributed by atoms with Crippen molar-refractivity contribution in [2.45, 2.75) is 55.2 Å². The smallest absolute Gasteiger partial charge is 0.394 e. The topological polar surface area (TPSA) is 44.8 Å². The van der Waals surface area contributed by atoms with Gasteiger partial charge in [-0.25, -0.2) is 4.57 Å². The second-order valence-corrected chi connectivity index (χ2v) is 8.83. The Bertz CT molecular complexity index is 713. The molecule has 0 saturated heterocycles. The molecule has 0 radical (unpaired) electrons. The number of hydrogen-bond donors (Lipinski definition) is 0. The predicted octanol–water partition coefficient (Wildman–Crippen LogP) is 7.09. The van der Waals surface area contributed by atoms with Gasteiger partial charge in [0.15, 0.2) is 0 Å². The van der Waals surface area contributed by atoms with Crippen molar-refractivity contribution in [1.29, 1.82) is 0 Å². The average Bonchev–Trinajstić information content (AvgIpc) is 2.63. The molecule has 4 nitrogen and oxygen atoms in total. The van der Waals surface area contributed by atoms with E-state index in [0.717, 1.165) is 22.6 Å². The molecule has 2 aromatic rings. The van der Waals surface area contributed by atoms with Crippen molar-refractivity contribution in [3.8, 4) is 11.5 Å². The molecule has 0 unspecified atom stereocenters. The summed E-state index contributed by atoms with van der Waals surface area (Å²) < 4.78 is 30.3. The molecule has 26 heavy (non-hydrogen) atoms. The van der Waals surface area contributed by atoms with Crippen molar-refractivity contribution in [2.75, 3.05) is 6.61 Å². The largest absolute Gasteiger partial charge is 0.587 e. The maximum Gasteiger partial charge on any atom is 0.587 e. The Balaban J connectivity index is 1.69. The number of unbranched alkanes of at least 4 members (excludes halogenated alkanes) is 5. The predicted molar refractivity (Wildman–Crippen MR) is 105 cm³/mol. The van der Waals surface area contributed by atoms with Crippen molar-refractivity contribution in [3.63, 3.8) is 0 Å². The van der Waals surface area contributed by atoms with Crippen LogP contribution in [0.3, 0.4) is 0 Å². The molecule has 2 aromatic carbocycles. The molecule has 0 aromatic heterocycles. The van der Waals surface area contributed by atoms with Gasteiger partial charge in [-0.05, 0) is 30.7 Å². The minimum absolute atomic E-state index is 0.362. The van der Waals surface area contributed by atoms with Crippen molar-refractivity contribution >= 4 is 19.6 Å². The molecule has 3 rings (SSSR count). The molecule has 0 fully saturated rings. The molecule has 0 aliphatic carbocycles. The van der Waals surface area contributed by atoms with Gasteiger partial charge in [-0.1, -0.05) is 75.1 Å². The number of rotatable bonds is 8. The van der Waals surface area contributed by atoms with E-state index in [0.29, 0.717) is 18.1 Å². The van der Waals surface area contributed by atoms with Crippen LogP contribution in [0.25, 0.3) is 0 Å². The monoisotopic (exact) mass is 392 g/mol. The van der Waals surface area contributed by atoms with Crippen LogP contribution in [0.1, 0.15) is 45.4 Å². The van der Waals surface area contributed by atoms with Crippen LogP contribution in [0, 0.1) is 0 Å². The third-order valence-electron chi connectivity index (χ3n) is 4.09. The quantitative estimate of drug-likeness (QED) is 0.354. The van der Waals surface area contributed by atoms with E-state index in [1.165, 1.54) is 37.4 Å². The molecule has 0 amide bonds. The van der Waals surface area contributed by atoms with E-state index in [4.69, 9.17) is 13.6 Å². The SMILES string of the molecule is CCCCCCCCOP1(=O)Oc2ccccc2Sc2ccccc2O1. The van der Waals surface area contributed by atoms with Crippen molar-refractivity contribution in [1.82, 2.24) is 0 Å². The van der Waals surface area contributed by atoms with Gasteiger partial charge in [-0.15, -0.1) is 0 Å². The lowest BCUT2D eigenvalue weighted by Gasteiger charge is -2.24. The highest BCUT2D eigenvalue weighted by Gasteiger charge is 2.34. The minimum atomic E-state index is -3.72. The van der Waals surface area contributed by atoms with Gasteiger partial charge in [0.1, 0.15) is 11.5 Å². The van der Waals surface area contributed by atoms with Gasteiger partial charge in [0, 0.05) is 0 Å². The molecule has 6 heteroatoms. The van der Waals surface area contributed by atoms with Crippen molar-refractivity contribution in [2.24, 2.45) is 0 Å². The van der Waals surface area contributed by atoms with Gasteiger partial charge in [0.2, 0.25) is 0 Å². The minimum Gasteiger partial charge on any atom is -0.394 e. The summed E-state index contributed by atoms with van der Waals surface area (Å²) in [6, 6.07) is 15.0. The lowest BCUT2D eigenvalue weighted by atomic mass is 10.1. The molecule has 0 saturated carbocycles. The van der Waals surface area contributed by atoms with Gasteiger partial charge >= 0.3 is 7.82 Å². The fourth-order valence-corrected chi connectivity index (χ4v) is 5.08. The van der Waals surface area contributed by atoms with Crippen LogP contribution in [0.15, 0.2) is 58.3 Å². The standard InChI is InChI=1S/C20H25O4PS/c1-2-3-4-5-6-11-16-22-25(21)23-17-12-7-9-14-19(17)26-20-15-10-8-13-18(20)24-25/h7-10,12-15H,2-6,11,16H2,1H3. The molecular formula is C20H25O4PS. The second-order valence-electron chi connectivity index (χ2n) is 6.23. The van der Waals surface area contributed by atoms with E-state index in [9.17, 15) is 4.57 Å². The number of benzene rings is 2. The molecule has 1 aliphatic rings. The van der Waals surface area contributed by atoms with E-state index < -0.39 is 7.82 Å². The first-order chi connectivity index (χ1) is 12.7. The Morgan fingerprint density at radius 1 is 0.846 bits per heavy atom. The normalized spacial score (nSPS) is 15.0. The third-order valence-corrected chi connectivity index (χ3v) is 6.54. The van der Waals surface area contributed by atoms with Crippen LogP contribution in [0.4, 0.5) is 0 Å². The number of para-hydroxylation sites is 2. The summed E-state index contributed by atoms with van der Waals surface area (Å²) >= 11 is 1.53. The lowest BCUT2D eigenvalue weighted by molar-refractivity contribution is 0.202. The van der Waals surface area contributed by atoms with E-state index >= 15 is 0 Å². The molecule has 0 N–H and O–H groups in total. The van der Waals surface area contributed by atoms with Crippen LogP contribution in [-0.4, -0.2) is 6.61 Å². The Morgan fingerprint density at radius 3 is 2.00 bits per heavy atom. The summed E-state index contributed by atoms with van der Waals surface area (Å²) in [5, 5.41) is 0. The Morgan fingerprint density at radius 2 is 1.38 bits per heavy atom. The van der Waals surface area contributed by atoms with Crippen LogP contribution < -0.4 is 9.05 Å². The third kappa shape index (κ3) is 5.29. The zero-order valence-electron chi connectivity index (χ0n) is 15.1. The molecule has 1 heterocycles. The zero-order chi connectivity index (χ0) is 18.2. The number of phosphoric ester groups is 1. The summed E-state index contributed by atoms with van der Waals surface area (Å²) in [4.78, 5) is 1.79. The van der Waals surface area contributed by atoms with Gasteiger partial charge in [0.25, 0.3) is 0 Å². The first kappa shape index (κ1) is 19.3. The number of phosphoric acid groups is 1. The molecule has 0 bridgehead atoms. The molecule has 0 spiro atoms. The highest BCUT2D eigenvalue weighted by Crippen LogP contribution is 2.56. The number of hydrogen-bond acceptors (Lipinski definition) is 5. The molecule has 0 atom stereocenters. The molecule has 140 valence electrons. The second kappa shape index (κ2) is 9.50. The van der Waals surface area contributed by atoms with Crippen molar-refractivity contribution in [3.05, 3.63) is 48.5 Å². The summed E-state index contributed by atoms with van der Waals surface area (Å²) in [5.41, 5.74) is 0. The summed E-state index contributed by atoms with van der Waals surface area (Å²) in [6.45, 7) is 2.56. The average molecular weight is 392 g/mol. The molecular weight excluding hydrogens is 367 g/mol. The van der Waals surface area contributed by atoms with Crippen LogP contribution >= 0.6 is 19.6 Å². The maximum absolute atomic E-state index is 13.2. The highest BCUT2D eigenvalue weighted by molar-refractivity contribution is 7.99. The van der Waals surface area contributed by atoms with Gasteiger partial charge < -0.3 is 9.05 Å². The Kier molecular flexibility index (Phi) is 7.07. The Hall–Kier alpha value is -1.42. The number of fused-ring (bicyclic) bond motifs is 2. The maximum atomic E-state index is 13.2. The lowest BCUT2D eigenvalue weighted by Crippen LogP contribution is -2.08. The summed E-state index contributed by atoms with van der Waals surface area (Å²) in [6.07, 6.45) is 6.80. The summed E-state index contributed by atoms with van der Waals surface area (Å²) in [7, 11) is -3.72. The van der Waals surface area contributed by atoms with Gasteiger partial charge in [0.05, 0.1) is 16.4 Å². The highest BCUT2D eigenvalue weighted by atomic mass is 32.2. The fourth-order valence-electron chi connectivity index (χ4n) is 2.71. The Labute approximate surface area is 159 Å². The van der Waals surface area contributed by atoms with E-state index in [1.54, 1.807) is 12.1 Å². The van der Waals surface area contributed by atoms with Crippen LogP contribution in [0.5, 0.6) is 11.5 Å². The van der Waals surface area contributed by atoms with E-state index in [1.807, 2.05) is 36.4 Å². The summed E-state index contributed by atoms with van der Waals surface area (Å²) in [5.74, 6) is 1.05. The first-order valence-electron chi connectivity index (χ1n) is 9.20. The van der Waals surface area contributed by atoms with Gasteiger partial charge in [-0.2, -0.15) is 0 Å².